The van der Waals surface area contributed by atoms with Gasteiger partial charge in [0.15, 0.2) is 0 Å². The molecule has 0 amide bonds. The molecule has 2 unspecified atom stereocenters. The molecule has 0 saturated heterocycles. The summed E-state index contributed by atoms with van der Waals surface area (Å²) < 4.78 is 0. The van der Waals surface area contributed by atoms with E-state index in [1.165, 1.54) is 12.1 Å². The van der Waals surface area contributed by atoms with E-state index in [0.717, 1.165) is 0 Å². The maximum absolute atomic E-state index is 9.84. The van der Waals surface area contributed by atoms with Crippen LogP contribution in [0.4, 0.5) is 5.69 Å². The first-order valence-electron chi connectivity index (χ1n) is 4.81. The van der Waals surface area contributed by atoms with Crippen LogP contribution in [-0.4, -0.2) is 22.2 Å². The third-order valence-corrected chi connectivity index (χ3v) is 2.50. The zero-order chi connectivity index (χ0) is 12.1. The molecule has 0 fully saturated rings. The Hall–Kier alpha value is -1.28. The zero-order valence-electron chi connectivity index (χ0n) is 8.60. The number of nitrogens with zero attached hydrogens (tertiary/aromatic N) is 1. The number of nitrogens with two attached hydrogens (primary N) is 1. The van der Waals surface area contributed by atoms with Gasteiger partial charge in [-0.15, -0.1) is 11.6 Å². The second-order valence-corrected chi connectivity index (χ2v) is 3.83. The van der Waals surface area contributed by atoms with Crippen LogP contribution in [0.3, 0.4) is 0 Å². The molecule has 0 aliphatic rings. The van der Waals surface area contributed by atoms with E-state index in [4.69, 9.17) is 22.6 Å². The number of rotatable bonds is 4. The molecule has 0 saturated carbocycles. The third-order valence-electron chi connectivity index (χ3n) is 2.28. The van der Waals surface area contributed by atoms with Crippen molar-refractivity contribution in [3.05, 3.63) is 29.3 Å². The number of anilines is 1. The maximum atomic E-state index is 9.84. The number of alkyl halides is 1. The Morgan fingerprint density at radius 2 is 2.12 bits per heavy atom. The molecule has 4 N–H and O–H groups in total. The Morgan fingerprint density at radius 1 is 1.44 bits per heavy atom. The van der Waals surface area contributed by atoms with E-state index in [-0.39, 0.29) is 12.3 Å². The van der Waals surface area contributed by atoms with E-state index in [1.54, 1.807) is 6.07 Å². The molecule has 1 aromatic rings. The Balaban J connectivity index is 3.02. The van der Waals surface area contributed by atoms with Crippen molar-refractivity contribution in [3.8, 4) is 6.07 Å². The summed E-state index contributed by atoms with van der Waals surface area (Å²) in [6.45, 7) is 0. The molecule has 5 heteroatoms. The summed E-state index contributed by atoms with van der Waals surface area (Å²) in [4.78, 5) is 0. The molecule has 2 atom stereocenters. The fourth-order valence-corrected chi connectivity index (χ4v) is 1.63. The summed E-state index contributed by atoms with van der Waals surface area (Å²) in [5, 5.41) is 28.3. The molecule has 0 radical (unpaired) electrons. The fraction of sp³-hybridized carbons (Fsp3) is 0.364. The van der Waals surface area contributed by atoms with Gasteiger partial charge in [0, 0.05) is 17.1 Å². The lowest BCUT2D eigenvalue weighted by Gasteiger charge is -2.18. The minimum atomic E-state index is -1.14. The first-order chi connectivity index (χ1) is 7.60. The van der Waals surface area contributed by atoms with Gasteiger partial charge >= 0.3 is 0 Å². The van der Waals surface area contributed by atoms with E-state index in [2.05, 4.69) is 0 Å². The van der Waals surface area contributed by atoms with Crippen LogP contribution in [-0.2, 0) is 0 Å². The molecule has 0 aliphatic heterocycles. The van der Waals surface area contributed by atoms with Gasteiger partial charge in [0.05, 0.1) is 17.7 Å². The van der Waals surface area contributed by atoms with Gasteiger partial charge < -0.3 is 15.9 Å². The summed E-state index contributed by atoms with van der Waals surface area (Å²) >= 11 is 5.47. The van der Waals surface area contributed by atoms with Crippen LogP contribution in [0.2, 0.25) is 0 Å². The number of aliphatic hydroxyl groups is 2. The van der Waals surface area contributed by atoms with Gasteiger partial charge in [-0.1, -0.05) is 0 Å². The highest BCUT2D eigenvalue weighted by atomic mass is 35.5. The van der Waals surface area contributed by atoms with Gasteiger partial charge in [-0.3, -0.25) is 0 Å². The van der Waals surface area contributed by atoms with Crippen LogP contribution in [0.25, 0.3) is 0 Å². The van der Waals surface area contributed by atoms with Gasteiger partial charge in [0.2, 0.25) is 0 Å². The minimum Gasteiger partial charge on any atom is -0.399 e. The molecular weight excluding hydrogens is 228 g/mol. The van der Waals surface area contributed by atoms with Crippen molar-refractivity contribution in [1.82, 2.24) is 0 Å². The van der Waals surface area contributed by atoms with Gasteiger partial charge in [-0.05, 0) is 24.6 Å². The molecule has 1 aromatic carbocycles. The van der Waals surface area contributed by atoms with E-state index in [0.29, 0.717) is 16.8 Å². The lowest BCUT2D eigenvalue weighted by molar-refractivity contribution is 0.0169. The Labute approximate surface area is 98.9 Å². The fourth-order valence-electron chi connectivity index (χ4n) is 1.40. The molecule has 0 spiro atoms. The second-order valence-electron chi connectivity index (χ2n) is 3.45. The minimum absolute atomic E-state index is 0.239. The summed E-state index contributed by atoms with van der Waals surface area (Å²) in [7, 11) is 0. The highest BCUT2D eigenvalue weighted by Gasteiger charge is 2.20. The molecule has 1 rings (SSSR count). The predicted octanol–water partition coefficient (Wildman–Crippen LogP) is 1.16. The highest BCUT2D eigenvalue weighted by molar-refractivity contribution is 6.17. The number of nitrogen functional groups attached to an aromatic ring is 1. The Bertz CT molecular complexity index is 403. The number of hydrogen-bond donors (Lipinski definition) is 3. The monoisotopic (exact) mass is 240 g/mol. The molecule has 4 nitrogen and oxygen atoms in total. The lowest BCUT2D eigenvalue weighted by Crippen LogP contribution is -2.19. The molecule has 0 aliphatic carbocycles. The highest BCUT2D eigenvalue weighted by Crippen LogP contribution is 2.24. The average Bonchev–Trinajstić information content (AvgIpc) is 2.28. The van der Waals surface area contributed by atoms with E-state index < -0.39 is 12.2 Å². The first-order valence-corrected chi connectivity index (χ1v) is 5.35. The molecule has 86 valence electrons. The van der Waals surface area contributed by atoms with Crippen LogP contribution in [0.1, 0.15) is 23.7 Å². The van der Waals surface area contributed by atoms with Gasteiger partial charge in [-0.25, -0.2) is 0 Å². The van der Waals surface area contributed by atoms with Crippen molar-refractivity contribution in [2.45, 2.75) is 18.6 Å². The van der Waals surface area contributed by atoms with Crippen LogP contribution in [0.5, 0.6) is 0 Å². The van der Waals surface area contributed by atoms with Gasteiger partial charge in [0.1, 0.15) is 6.10 Å². The summed E-state index contributed by atoms with van der Waals surface area (Å²) in [6.07, 6.45) is -1.88. The quantitative estimate of drug-likeness (QED) is 0.544. The van der Waals surface area contributed by atoms with Crippen molar-refractivity contribution in [2.75, 3.05) is 11.6 Å². The van der Waals surface area contributed by atoms with Gasteiger partial charge in [0.25, 0.3) is 0 Å². The summed E-state index contributed by atoms with van der Waals surface area (Å²) in [5.41, 5.74) is 6.64. The number of aliphatic hydroxyl groups excluding tert-OH is 2. The summed E-state index contributed by atoms with van der Waals surface area (Å²) in [5.74, 6) is 0.239. The van der Waals surface area contributed by atoms with Crippen LogP contribution in [0.15, 0.2) is 18.2 Å². The molecular formula is C11H13ClN2O2. The number of nitriles is 1. The Kier molecular flexibility index (Phi) is 4.56. The van der Waals surface area contributed by atoms with Crippen molar-refractivity contribution in [2.24, 2.45) is 0 Å². The van der Waals surface area contributed by atoms with Crippen molar-refractivity contribution < 1.29 is 10.2 Å². The maximum Gasteiger partial charge on any atom is 0.106 e. The zero-order valence-corrected chi connectivity index (χ0v) is 9.35. The second kappa shape index (κ2) is 5.71. The largest absolute Gasteiger partial charge is 0.399 e. The van der Waals surface area contributed by atoms with E-state index in [9.17, 15) is 10.2 Å². The number of hydrogen-bond acceptors (Lipinski definition) is 4. The predicted molar refractivity (Wildman–Crippen MR) is 61.9 cm³/mol. The van der Waals surface area contributed by atoms with Crippen molar-refractivity contribution in [3.63, 3.8) is 0 Å². The lowest BCUT2D eigenvalue weighted by atomic mass is 9.97. The van der Waals surface area contributed by atoms with Crippen molar-refractivity contribution in [1.29, 1.82) is 5.26 Å². The first kappa shape index (κ1) is 12.8. The smallest absolute Gasteiger partial charge is 0.106 e. The van der Waals surface area contributed by atoms with E-state index >= 15 is 0 Å². The number of halogens is 1. The Morgan fingerprint density at radius 3 is 2.69 bits per heavy atom. The van der Waals surface area contributed by atoms with Crippen LogP contribution in [0, 0.1) is 11.3 Å². The normalized spacial score (nSPS) is 14.1. The third kappa shape index (κ3) is 2.86. The number of benzene rings is 1. The summed E-state index contributed by atoms with van der Waals surface area (Å²) in [6, 6.07) is 6.52. The van der Waals surface area contributed by atoms with Crippen LogP contribution >= 0.6 is 11.6 Å². The standard InChI is InChI=1S/C11H13ClN2O2/c12-4-3-10(15)11(16)9-5-8(14)2-1-7(9)6-13/h1-2,5,10-11,15-16H,3-4,14H2. The molecule has 16 heavy (non-hydrogen) atoms. The van der Waals surface area contributed by atoms with E-state index in [1.807, 2.05) is 6.07 Å². The molecule has 0 bridgehead atoms. The van der Waals surface area contributed by atoms with Crippen molar-refractivity contribution >= 4 is 17.3 Å². The topological polar surface area (TPSA) is 90.3 Å². The average molecular weight is 241 g/mol. The van der Waals surface area contributed by atoms with Gasteiger partial charge in [-0.2, -0.15) is 5.26 Å². The van der Waals surface area contributed by atoms with Crippen LogP contribution < -0.4 is 5.73 Å². The molecule has 0 heterocycles. The SMILES string of the molecule is N#Cc1ccc(N)cc1C(O)C(O)CCCl. The molecule has 0 aromatic heterocycles.